The van der Waals surface area contributed by atoms with Gasteiger partial charge in [-0.05, 0) is 32.1 Å². The van der Waals surface area contributed by atoms with Crippen LogP contribution in [0.2, 0.25) is 0 Å². The van der Waals surface area contributed by atoms with E-state index >= 15 is 0 Å². The van der Waals surface area contributed by atoms with Crippen LogP contribution in [-0.2, 0) is 14.4 Å². The molecule has 0 aliphatic rings. The first-order valence-corrected chi connectivity index (χ1v) is 8.21. The van der Waals surface area contributed by atoms with Gasteiger partial charge in [0.25, 0.3) is 0 Å². The molecule has 0 aromatic carbocycles. The van der Waals surface area contributed by atoms with Gasteiger partial charge in [-0.1, -0.05) is 13.8 Å². The van der Waals surface area contributed by atoms with E-state index in [-0.39, 0.29) is 18.3 Å². The number of hydrogen-bond donors (Lipinski definition) is 7. The maximum absolute atomic E-state index is 12.2. The van der Waals surface area contributed by atoms with Crippen molar-refractivity contribution in [2.75, 3.05) is 6.54 Å². The van der Waals surface area contributed by atoms with Crippen molar-refractivity contribution in [2.24, 2.45) is 17.4 Å². The summed E-state index contributed by atoms with van der Waals surface area (Å²) in [5, 5.41) is 23.5. The summed E-state index contributed by atoms with van der Waals surface area (Å²) >= 11 is 0. The third-order valence-electron chi connectivity index (χ3n) is 3.41. The topological polar surface area (TPSA) is 183 Å². The van der Waals surface area contributed by atoms with E-state index in [0.29, 0.717) is 19.4 Å². The second-order valence-corrected chi connectivity index (χ2v) is 6.35. The van der Waals surface area contributed by atoms with Gasteiger partial charge in [-0.2, -0.15) is 0 Å². The summed E-state index contributed by atoms with van der Waals surface area (Å²) in [4.78, 5) is 35.3. The Hall–Kier alpha value is -2.36. The van der Waals surface area contributed by atoms with Crippen molar-refractivity contribution in [1.82, 2.24) is 16.0 Å². The minimum absolute atomic E-state index is 0.191. The third-order valence-corrected chi connectivity index (χ3v) is 3.41. The lowest BCUT2D eigenvalue weighted by atomic mass is 10.0. The predicted octanol–water partition coefficient (Wildman–Crippen LogP) is -1.30. The second-order valence-electron chi connectivity index (χ2n) is 6.35. The number of aliphatic carboxylic acids is 1. The van der Waals surface area contributed by atoms with Crippen LogP contribution in [0.25, 0.3) is 0 Å². The summed E-state index contributed by atoms with van der Waals surface area (Å²) < 4.78 is 0. The van der Waals surface area contributed by atoms with E-state index in [1.165, 1.54) is 6.92 Å². The van der Waals surface area contributed by atoms with Gasteiger partial charge in [-0.15, -0.1) is 0 Å². The number of carboxylic acid groups (broad SMARTS) is 1. The molecule has 3 atom stereocenters. The van der Waals surface area contributed by atoms with Crippen LogP contribution in [0, 0.1) is 11.3 Å². The van der Waals surface area contributed by atoms with Crippen molar-refractivity contribution in [3.8, 4) is 0 Å². The zero-order valence-electron chi connectivity index (χ0n) is 15.0. The smallest absolute Gasteiger partial charge is 0.325 e. The molecule has 144 valence electrons. The lowest BCUT2D eigenvalue weighted by molar-refractivity contribution is -0.141. The Morgan fingerprint density at radius 3 is 2.20 bits per heavy atom. The van der Waals surface area contributed by atoms with E-state index in [1.807, 2.05) is 13.8 Å². The van der Waals surface area contributed by atoms with Crippen LogP contribution in [-0.4, -0.2) is 53.5 Å². The molecule has 0 saturated carbocycles. The van der Waals surface area contributed by atoms with Crippen molar-refractivity contribution < 1.29 is 19.5 Å². The summed E-state index contributed by atoms with van der Waals surface area (Å²) in [6.45, 7) is 5.54. The number of amides is 2. The maximum atomic E-state index is 12.2. The summed E-state index contributed by atoms with van der Waals surface area (Å²) in [5.41, 5.74) is 11.0. The average Bonchev–Trinajstić information content (AvgIpc) is 2.48. The highest BCUT2D eigenvalue weighted by Crippen LogP contribution is 2.05. The zero-order valence-corrected chi connectivity index (χ0v) is 15.0. The largest absolute Gasteiger partial charge is 0.480 e. The molecule has 0 aliphatic carbocycles. The van der Waals surface area contributed by atoms with Crippen molar-refractivity contribution in [3.05, 3.63) is 0 Å². The molecule has 0 heterocycles. The summed E-state index contributed by atoms with van der Waals surface area (Å²) in [7, 11) is 0. The SMILES string of the molecule is CC(C)C[C@H](N)C(=O)N[C@@H](CCCNC(=N)N)C(=O)N[C@@H](C)C(=O)O. The van der Waals surface area contributed by atoms with Crippen LogP contribution < -0.4 is 27.4 Å². The van der Waals surface area contributed by atoms with Crippen LogP contribution >= 0.6 is 0 Å². The molecule has 0 aromatic heterocycles. The Morgan fingerprint density at radius 1 is 1.12 bits per heavy atom. The van der Waals surface area contributed by atoms with Gasteiger partial charge in [0.1, 0.15) is 12.1 Å². The summed E-state index contributed by atoms with van der Waals surface area (Å²) in [6, 6.07) is -2.74. The molecule has 10 nitrogen and oxygen atoms in total. The number of guanidine groups is 1. The fourth-order valence-corrected chi connectivity index (χ4v) is 2.07. The standard InChI is InChI=1S/C15H30N6O4/c1-8(2)7-10(16)12(22)21-11(5-4-6-19-15(17)18)13(23)20-9(3)14(24)25/h8-11H,4-7,16H2,1-3H3,(H,20,23)(H,21,22)(H,24,25)(H4,17,18,19)/t9-,10-,11-/m0/s1. The van der Waals surface area contributed by atoms with Crippen molar-refractivity contribution in [3.63, 3.8) is 0 Å². The first-order chi connectivity index (χ1) is 11.5. The fraction of sp³-hybridized carbons (Fsp3) is 0.733. The second kappa shape index (κ2) is 11.2. The fourth-order valence-electron chi connectivity index (χ4n) is 2.07. The molecule has 10 heteroatoms. The Bertz CT molecular complexity index is 483. The Morgan fingerprint density at radius 2 is 1.72 bits per heavy atom. The Labute approximate surface area is 147 Å². The van der Waals surface area contributed by atoms with Crippen LogP contribution in [0.5, 0.6) is 0 Å². The normalized spacial score (nSPS) is 14.3. The van der Waals surface area contributed by atoms with Crippen molar-refractivity contribution >= 4 is 23.7 Å². The van der Waals surface area contributed by atoms with Gasteiger partial charge in [0.15, 0.2) is 5.96 Å². The third kappa shape index (κ3) is 10.2. The molecular formula is C15H30N6O4. The van der Waals surface area contributed by atoms with Crippen molar-refractivity contribution in [1.29, 1.82) is 5.41 Å². The van der Waals surface area contributed by atoms with E-state index in [4.69, 9.17) is 22.0 Å². The van der Waals surface area contributed by atoms with Gasteiger partial charge in [-0.3, -0.25) is 19.8 Å². The number of hydrogen-bond acceptors (Lipinski definition) is 5. The number of nitrogens with one attached hydrogen (secondary N) is 4. The van der Waals surface area contributed by atoms with Crippen LogP contribution in [0.1, 0.15) is 40.0 Å². The molecule has 0 rings (SSSR count). The van der Waals surface area contributed by atoms with E-state index in [0.717, 1.165) is 0 Å². The minimum atomic E-state index is -1.17. The lowest BCUT2D eigenvalue weighted by Crippen LogP contribution is -2.54. The van der Waals surface area contributed by atoms with Crippen LogP contribution in [0.4, 0.5) is 0 Å². The van der Waals surface area contributed by atoms with Gasteiger partial charge in [0, 0.05) is 6.54 Å². The van der Waals surface area contributed by atoms with Gasteiger partial charge >= 0.3 is 5.97 Å². The van der Waals surface area contributed by atoms with Crippen LogP contribution in [0.15, 0.2) is 0 Å². The first kappa shape index (κ1) is 22.6. The van der Waals surface area contributed by atoms with Gasteiger partial charge < -0.3 is 32.5 Å². The van der Waals surface area contributed by atoms with E-state index in [9.17, 15) is 14.4 Å². The van der Waals surface area contributed by atoms with E-state index < -0.39 is 35.9 Å². The Balaban J connectivity index is 4.80. The molecule has 0 radical (unpaired) electrons. The average molecular weight is 358 g/mol. The molecule has 0 bridgehead atoms. The molecule has 2 amide bonds. The molecule has 0 aliphatic heterocycles. The highest BCUT2D eigenvalue weighted by molar-refractivity contribution is 5.91. The zero-order chi connectivity index (χ0) is 19.6. The summed E-state index contributed by atoms with van der Waals surface area (Å²) in [5.74, 6) is -2.20. The maximum Gasteiger partial charge on any atom is 0.325 e. The van der Waals surface area contributed by atoms with Gasteiger partial charge in [0.05, 0.1) is 6.04 Å². The molecular weight excluding hydrogens is 328 g/mol. The highest BCUT2D eigenvalue weighted by Gasteiger charge is 2.26. The number of rotatable bonds is 11. The number of carbonyl (C=O) groups excluding carboxylic acids is 2. The molecule has 25 heavy (non-hydrogen) atoms. The first-order valence-electron chi connectivity index (χ1n) is 8.21. The number of carbonyl (C=O) groups is 3. The molecule has 9 N–H and O–H groups in total. The molecule has 0 fully saturated rings. The van der Waals surface area contributed by atoms with Crippen LogP contribution in [0.3, 0.4) is 0 Å². The summed E-state index contributed by atoms with van der Waals surface area (Å²) in [6.07, 6.45) is 1.16. The van der Waals surface area contributed by atoms with E-state index in [2.05, 4.69) is 16.0 Å². The van der Waals surface area contributed by atoms with Gasteiger partial charge in [0.2, 0.25) is 11.8 Å². The lowest BCUT2D eigenvalue weighted by Gasteiger charge is -2.22. The molecule has 0 spiro atoms. The quantitative estimate of drug-likeness (QED) is 0.136. The molecule has 0 saturated heterocycles. The predicted molar refractivity (Wildman–Crippen MR) is 93.8 cm³/mol. The highest BCUT2D eigenvalue weighted by atomic mass is 16.4. The molecule has 0 aromatic rings. The monoisotopic (exact) mass is 358 g/mol. The number of carboxylic acids is 1. The number of nitrogens with two attached hydrogens (primary N) is 2. The molecule has 0 unspecified atom stereocenters. The minimum Gasteiger partial charge on any atom is -0.480 e. The van der Waals surface area contributed by atoms with Crippen molar-refractivity contribution in [2.45, 2.75) is 58.2 Å². The van der Waals surface area contributed by atoms with Gasteiger partial charge in [-0.25, -0.2) is 0 Å². The van der Waals surface area contributed by atoms with E-state index in [1.54, 1.807) is 0 Å². The Kier molecular flexibility index (Phi) is 10.2.